The van der Waals surface area contributed by atoms with E-state index in [0.717, 1.165) is 18.2 Å². The Bertz CT molecular complexity index is 389. The lowest BCUT2D eigenvalue weighted by atomic mass is 9.84. The molecular weight excluding hydrogens is 250 g/mol. The Kier molecular flexibility index (Phi) is 3.57. The Hall–Kier alpha value is -0.0800. The van der Waals surface area contributed by atoms with Crippen molar-refractivity contribution in [3.05, 3.63) is 16.1 Å². The van der Waals surface area contributed by atoms with Gasteiger partial charge in [-0.1, -0.05) is 27.7 Å². The number of rotatable bonds is 4. The molecule has 1 aliphatic rings. The Morgan fingerprint density at radius 1 is 1.35 bits per heavy atom. The fourth-order valence-corrected chi connectivity index (χ4v) is 3.69. The van der Waals surface area contributed by atoms with Crippen LogP contribution in [0.2, 0.25) is 0 Å². The van der Waals surface area contributed by atoms with Crippen LogP contribution in [0.1, 0.15) is 51.2 Å². The molecular formula is C14H22ClNS. The molecule has 2 rings (SSSR count). The van der Waals surface area contributed by atoms with Gasteiger partial charge in [0.1, 0.15) is 0 Å². The number of hydrogen-bond donors (Lipinski definition) is 0. The molecule has 1 unspecified atom stereocenters. The second kappa shape index (κ2) is 4.55. The minimum absolute atomic E-state index is 0.158. The van der Waals surface area contributed by atoms with Gasteiger partial charge in [-0.25, -0.2) is 4.98 Å². The van der Waals surface area contributed by atoms with Crippen molar-refractivity contribution in [2.75, 3.05) is 5.88 Å². The van der Waals surface area contributed by atoms with E-state index < -0.39 is 0 Å². The van der Waals surface area contributed by atoms with Gasteiger partial charge in [0.25, 0.3) is 0 Å². The van der Waals surface area contributed by atoms with Crippen molar-refractivity contribution < 1.29 is 0 Å². The molecule has 3 heteroatoms. The molecule has 1 aliphatic carbocycles. The largest absolute Gasteiger partial charge is 0.246 e. The highest BCUT2D eigenvalue weighted by atomic mass is 35.5. The number of halogens is 1. The van der Waals surface area contributed by atoms with E-state index in [4.69, 9.17) is 16.6 Å². The number of alkyl halides is 1. The van der Waals surface area contributed by atoms with Crippen LogP contribution >= 0.6 is 22.9 Å². The summed E-state index contributed by atoms with van der Waals surface area (Å²) in [5.74, 6) is 1.57. The van der Waals surface area contributed by atoms with Crippen LogP contribution in [-0.2, 0) is 11.8 Å². The molecule has 0 N–H and O–H groups in total. The van der Waals surface area contributed by atoms with Crippen LogP contribution in [0.3, 0.4) is 0 Å². The molecule has 1 fully saturated rings. The lowest BCUT2D eigenvalue weighted by Crippen LogP contribution is -2.24. The lowest BCUT2D eigenvalue weighted by molar-refractivity contribution is 0.312. The van der Waals surface area contributed by atoms with E-state index in [0.29, 0.717) is 0 Å². The number of nitrogens with zero attached hydrogens (tertiary/aromatic N) is 1. The van der Waals surface area contributed by atoms with Gasteiger partial charge in [0, 0.05) is 23.1 Å². The minimum Gasteiger partial charge on any atom is -0.246 e. The zero-order valence-electron chi connectivity index (χ0n) is 11.2. The molecule has 0 radical (unpaired) electrons. The van der Waals surface area contributed by atoms with Gasteiger partial charge in [-0.15, -0.1) is 22.9 Å². The molecule has 0 aromatic carbocycles. The fraction of sp³-hybridized carbons (Fsp3) is 0.786. The Morgan fingerprint density at radius 3 is 2.41 bits per heavy atom. The molecule has 0 spiro atoms. The van der Waals surface area contributed by atoms with Crippen LogP contribution in [0.25, 0.3) is 0 Å². The van der Waals surface area contributed by atoms with E-state index in [1.807, 2.05) is 0 Å². The maximum absolute atomic E-state index is 6.17. The quantitative estimate of drug-likeness (QED) is 0.727. The summed E-state index contributed by atoms with van der Waals surface area (Å²) in [4.78, 5) is 4.78. The Balaban J connectivity index is 2.10. The molecule has 0 amide bonds. The molecule has 0 bridgehead atoms. The monoisotopic (exact) mass is 271 g/mol. The predicted molar refractivity (Wildman–Crippen MR) is 76.1 cm³/mol. The van der Waals surface area contributed by atoms with Crippen LogP contribution in [0.15, 0.2) is 5.38 Å². The summed E-state index contributed by atoms with van der Waals surface area (Å²) in [5, 5.41) is 3.46. The smallest absolute Gasteiger partial charge is 0.0934 e. The normalized spacial score (nSPS) is 20.3. The molecule has 0 aliphatic heterocycles. The van der Waals surface area contributed by atoms with E-state index in [2.05, 4.69) is 33.1 Å². The van der Waals surface area contributed by atoms with Gasteiger partial charge in [-0.2, -0.15) is 0 Å². The number of aromatic nitrogens is 1. The SMILES string of the molecule is CC(C)(C)c1csc(CC(C)(CCl)C2CC2)n1. The Labute approximate surface area is 114 Å². The second-order valence-corrected chi connectivity index (χ2v) is 7.83. The highest BCUT2D eigenvalue weighted by Crippen LogP contribution is 2.48. The van der Waals surface area contributed by atoms with Crippen LogP contribution in [-0.4, -0.2) is 10.9 Å². The third-order valence-corrected chi connectivity index (χ3v) is 5.20. The maximum Gasteiger partial charge on any atom is 0.0934 e. The third kappa shape index (κ3) is 3.03. The summed E-state index contributed by atoms with van der Waals surface area (Å²) in [7, 11) is 0. The van der Waals surface area contributed by atoms with E-state index in [1.54, 1.807) is 11.3 Å². The maximum atomic E-state index is 6.17. The van der Waals surface area contributed by atoms with E-state index in [-0.39, 0.29) is 10.8 Å². The van der Waals surface area contributed by atoms with Crippen molar-refractivity contribution in [3.63, 3.8) is 0 Å². The van der Waals surface area contributed by atoms with Gasteiger partial charge in [-0.05, 0) is 24.2 Å². The van der Waals surface area contributed by atoms with Gasteiger partial charge in [0.05, 0.1) is 10.7 Å². The highest BCUT2D eigenvalue weighted by Gasteiger charge is 2.41. The summed E-state index contributed by atoms with van der Waals surface area (Å²) in [6, 6.07) is 0. The second-order valence-electron chi connectivity index (χ2n) is 6.62. The zero-order valence-corrected chi connectivity index (χ0v) is 12.8. The van der Waals surface area contributed by atoms with Crippen molar-refractivity contribution in [2.45, 2.75) is 52.4 Å². The van der Waals surface area contributed by atoms with E-state index in [1.165, 1.54) is 23.5 Å². The summed E-state index contributed by atoms with van der Waals surface area (Å²) in [6.45, 7) is 8.96. The van der Waals surface area contributed by atoms with E-state index >= 15 is 0 Å². The third-order valence-electron chi connectivity index (χ3n) is 3.74. The van der Waals surface area contributed by atoms with Crippen molar-refractivity contribution in [2.24, 2.45) is 11.3 Å². The van der Waals surface area contributed by atoms with Crippen LogP contribution in [0.4, 0.5) is 0 Å². The summed E-state index contributed by atoms with van der Waals surface area (Å²) in [6.07, 6.45) is 3.74. The molecule has 1 aromatic rings. The van der Waals surface area contributed by atoms with Crippen LogP contribution in [0.5, 0.6) is 0 Å². The molecule has 1 saturated carbocycles. The minimum atomic E-state index is 0.158. The first kappa shape index (κ1) is 13.4. The first-order chi connectivity index (χ1) is 7.85. The summed E-state index contributed by atoms with van der Waals surface area (Å²) in [5.41, 5.74) is 1.63. The molecule has 1 heterocycles. The van der Waals surface area contributed by atoms with E-state index in [9.17, 15) is 0 Å². The predicted octanol–water partition coefficient (Wildman–Crippen LogP) is 4.64. The zero-order chi connectivity index (χ0) is 12.7. The van der Waals surface area contributed by atoms with Crippen LogP contribution in [0, 0.1) is 11.3 Å². The van der Waals surface area contributed by atoms with Crippen LogP contribution < -0.4 is 0 Å². The highest BCUT2D eigenvalue weighted by molar-refractivity contribution is 7.09. The molecule has 1 aromatic heterocycles. The average molecular weight is 272 g/mol. The number of thiazole rings is 1. The molecule has 1 nitrogen and oxygen atoms in total. The first-order valence-corrected chi connectivity index (χ1v) is 7.77. The summed E-state index contributed by atoms with van der Waals surface area (Å²) < 4.78 is 0. The average Bonchev–Trinajstić information content (AvgIpc) is 2.99. The van der Waals surface area contributed by atoms with Crippen molar-refractivity contribution in [1.29, 1.82) is 0 Å². The van der Waals surface area contributed by atoms with Crippen molar-refractivity contribution >= 4 is 22.9 Å². The van der Waals surface area contributed by atoms with Gasteiger partial charge in [0.15, 0.2) is 0 Å². The summed E-state index contributed by atoms with van der Waals surface area (Å²) >= 11 is 7.96. The molecule has 96 valence electrons. The lowest BCUT2D eigenvalue weighted by Gasteiger charge is -2.25. The topological polar surface area (TPSA) is 12.9 Å². The number of hydrogen-bond acceptors (Lipinski definition) is 2. The first-order valence-electron chi connectivity index (χ1n) is 6.36. The van der Waals surface area contributed by atoms with Gasteiger partial charge in [-0.3, -0.25) is 0 Å². The van der Waals surface area contributed by atoms with Gasteiger partial charge < -0.3 is 0 Å². The van der Waals surface area contributed by atoms with Crippen molar-refractivity contribution in [3.8, 4) is 0 Å². The van der Waals surface area contributed by atoms with Gasteiger partial charge >= 0.3 is 0 Å². The molecule has 0 saturated heterocycles. The Morgan fingerprint density at radius 2 is 2.00 bits per heavy atom. The van der Waals surface area contributed by atoms with Gasteiger partial charge in [0.2, 0.25) is 0 Å². The standard InChI is InChI=1S/C14H22ClNS/c1-13(2,3)11-8-17-12(16-11)7-14(4,9-15)10-5-6-10/h8,10H,5-7,9H2,1-4H3. The van der Waals surface area contributed by atoms with Crippen molar-refractivity contribution in [1.82, 2.24) is 4.98 Å². The molecule has 17 heavy (non-hydrogen) atoms. The molecule has 1 atom stereocenters. The fourth-order valence-electron chi connectivity index (χ4n) is 2.16.